The molecule has 170 valence electrons. The Bertz CT molecular complexity index is 1340. The summed E-state index contributed by atoms with van der Waals surface area (Å²) in [6.07, 6.45) is 1.47. The minimum absolute atomic E-state index is 0.00969. The van der Waals surface area contributed by atoms with E-state index < -0.39 is 39.7 Å². The fourth-order valence-electron chi connectivity index (χ4n) is 4.23. The zero-order valence-corrected chi connectivity index (χ0v) is 19.4. The van der Waals surface area contributed by atoms with Crippen molar-refractivity contribution in [2.45, 2.75) is 30.7 Å². The van der Waals surface area contributed by atoms with Crippen molar-refractivity contribution in [2.24, 2.45) is 5.92 Å². The highest BCUT2D eigenvalue weighted by Gasteiger charge is 2.52. The number of carboxylic acids is 1. The van der Waals surface area contributed by atoms with Crippen LogP contribution in [0.1, 0.15) is 34.5 Å². The normalized spacial score (nSPS) is 18.6. The molecule has 0 saturated heterocycles. The molecule has 4 rings (SSSR count). The smallest absolute Gasteiger partial charge is 0.306 e. The van der Waals surface area contributed by atoms with Crippen LogP contribution < -0.4 is 4.31 Å². The molecule has 1 N–H and O–H groups in total. The lowest BCUT2D eigenvalue weighted by Crippen LogP contribution is -2.46. The molecule has 0 aliphatic carbocycles. The van der Waals surface area contributed by atoms with E-state index in [4.69, 9.17) is 11.6 Å². The first kappa shape index (κ1) is 22.9. The Morgan fingerprint density at radius 1 is 1.09 bits per heavy atom. The van der Waals surface area contributed by atoms with Crippen LogP contribution in [-0.4, -0.2) is 36.3 Å². The number of aryl methyl sites for hydroxylation is 1. The molecule has 1 aliphatic heterocycles. The average Bonchev–Trinajstić information content (AvgIpc) is 3.13. The van der Waals surface area contributed by atoms with Gasteiger partial charge in [0.1, 0.15) is 11.7 Å². The number of halogens is 1. The molecule has 33 heavy (non-hydrogen) atoms. The maximum Gasteiger partial charge on any atom is 0.306 e. The van der Waals surface area contributed by atoms with E-state index in [-0.39, 0.29) is 16.3 Å². The monoisotopic (exact) mass is 484 g/mol. The van der Waals surface area contributed by atoms with Crippen LogP contribution in [0.3, 0.4) is 0 Å². The maximum absolute atomic E-state index is 13.8. The molecule has 1 aliphatic rings. The lowest BCUT2D eigenvalue weighted by atomic mass is 9.81. The zero-order valence-electron chi connectivity index (χ0n) is 17.8. The quantitative estimate of drug-likeness (QED) is 0.523. The fraction of sp³-hybridized carbons (Fsp3) is 0.208. The van der Waals surface area contributed by atoms with Crippen LogP contribution in [0.2, 0.25) is 5.02 Å². The summed E-state index contributed by atoms with van der Waals surface area (Å²) in [5, 5.41) is 10.1. The number of pyridine rings is 1. The third-order valence-corrected chi connectivity index (χ3v) is 7.89. The van der Waals surface area contributed by atoms with E-state index in [0.717, 1.165) is 9.87 Å². The van der Waals surface area contributed by atoms with Crippen molar-refractivity contribution in [3.05, 3.63) is 88.7 Å². The van der Waals surface area contributed by atoms with Crippen LogP contribution in [0.4, 0.5) is 5.69 Å². The van der Waals surface area contributed by atoms with Gasteiger partial charge in [-0.15, -0.1) is 0 Å². The first-order valence-corrected chi connectivity index (χ1v) is 12.0. The number of hydrogen-bond donors (Lipinski definition) is 1. The van der Waals surface area contributed by atoms with Gasteiger partial charge in [0.15, 0.2) is 0 Å². The summed E-state index contributed by atoms with van der Waals surface area (Å²) in [4.78, 5) is 30.0. The van der Waals surface area contributed by atoms with E-state index in [1.165, 1.54) is 43.5 Å². The van der Waals surface area contributed by atoms with Gasteiger partial charge in [-0.3, -0.25) is 18.9 Å². The van der Waals surface area contributed by atoms with Crippen molar-refractivity contribution >= 4 is 39.1 Å². The van der Waals surface area contributed by atoms with Crippen molar-refractivity contribution in [3.8, 4) is 0 Å². The molecule has 9 heteroatoms. The minimum Gasteiger partial charge on any atom is -0.481 e. The van der Waals surface area contributed by atoms with Gasteiger partial charge in [0.05, 0.1) is 16.5 Å². The van der Waals surface area contributed by atoms with Gasteiger partial charge < -0.3 is 5.11 Å². The van der Waals surface area contributed by atoms with Crippen LogP contribution >= 0.6 is 11.6 Å². The molecular formula is C24H21ClN2O5S. The molecule has 2 aromatic carbocycles. The molecule has 0 radical (unpaired) electrons. The van der Waals surface area contributed by atoms with E-state index >= 15 is 0 Å². The van der Waals surface area contributed by atoms with Crippen LogP contribution in [0.25, 0.3) is 0 Å². The highest BCUT2D eigenvalue weighted by molar-refractivity contribution is 7.93. The Hall–Kier alpha value is -3.23. The largest absolute Gasteiger partial charge is 0.481 e. The number of ketones is 1. The van der Waals surface area contributed by atoms with Crippen LogP contribution in [0.5, 0.6) is 0 Å². The van der Waals surface area contributed by atoms with E-state index in [0.29, 0.717) is 10.6 Å². The van der Waals surface area contributed by atoms with Gasteiger partial charge in [-0.1, -0.05) is 36.7 Å². The number of anilines is 1. The molecule has 0 amide bonds. The Labute approximate surface area is 196 Å². The van der Waals surface area contributed by atoms with E-state index in [2.05, 4.69) is 4.98 Å². The second kappa shape index (κ2) is 8.61. The minimum atomic E-state index is -4.22. The van der Waals surface area contributed by atoms with Gasteiger partial charge in [-0.25, -0.2) is 8.42 Å². The second-order valence-corrected chi connectivity index (χ2v) is 10.2. The Morgan fingerprint density at radius 3 is 2.42 bits per heavy atom. The van der Waals surface area contributed by atoms with Crippen molar-refractivity contribution < 1.29 is 23.1 Å². The van der Waals surface area contributed by atoms with Crippen molar-refractivity contribution in [2.75, 3.05) is 4.31 Å². The van der Waals surface area contributed by atoms with Gasteiger partial charge in [0.25, 0.3) is 10.0 Å². The van der Waals surface area contributed by atoms with Crippen LogP contribution in [0.15, 0.2) is 71.8 Å². The van der Waals surface area contributed by atoms with Crippen molar-refractivity contribution in [1.29, 1.82) is 0 Å². The molecule has 3 aromatic rings. The van der Waals surface area contributed by atoms with E-state index in [1.807, 2.05) is 0 Å². The summed E-state index contributed by atoms with van der Waals surface area (Å²) in [5.74, 6) is -3.77. The summed E-state index contributed by atoms with van der Waals surface area (Å²) in [5.41, 5.74) is 1.46. The second-order valence-electron chi connectivity index (χ2n) is 8.00. The molecule has 2 heterocycles. The number of hydrogen-bond acceptors (Lipinski definition) is 5. The van der Waals surface area contributed by atoms with Crippen molar-refractivity contribution in [3.63, 3.8) is 0 Å². The molecule has 1 aromatic heterocycles. The van der Waals surface area contributed by atoms with E-state index in [9.17, 15) is 23.1 Å². The number of aromatic nitrogens is 1. The zero-order chi connectivity index (χ0) is 23.9. The highest BCUT2D eigenvalue weighted by atomic mass is 35.5. The fourth-order valence-corrected chi connectivity index (χ4v) is 6.09. The Morgan fingerprint density at radius 2 is 1.79 bits per heavy atom. The number of aliphatic carboxylic acids is 1. The number of rotatable bonds is 6. The molecule has 3 atom stereocenters. The summed E-state index contributed by atoms with van der Waals surface area (Å²) >= 11 is 6.20. The number of carbonyl (C=O) groups excluding carboxylic acids is 1. The van der Waals surface area contributed by atoms with Gasteiger partial charge in [-0.05, 0) is 60.5 Å². The number of sulfonamides is 1. The van der Waals surface area contributed by atoms with E-state index in [1.54, 1.807) is 37.3 Å². The molecular weight excluding hydrogens is 464 g/mol. The molecule has 0 spiro atoms. The molecule has 3 unspecified atom stereocenters. The number of benzene rings is 2. The SMILES string of the molecule is Cc1ccnc(C(=O)C2C(C(C)C(=O)O)c3cc(Cl)ccc3N2S(=O)(=O)c2ccccc2)c1. The summed E-state index contributed by atoms with van der Waals surface area (Å²) in [6.45, 7) is 3.25. The summed E-state index contributed by atoms with van der Waals surface area (Å²) in [6, 6.07) is 14.2. The van der Waals surface area contributed by atoms with Gasteiger partial charge in [0.2, 0.25) is 5.78 Å². The van der Waals surface area contributed by atoms with Crippen LogP contribution in [-0.2, 0) is 14.8 Å². The number of carboxylic acid groups (broad SMARTS) is 1. The lowest BCUT2D eigenvalue weighted by Gasteiger charge is -2.30. The van der Waals surface area contributed by atoms with Gasteiger partial charge in [0, 0.05) is 17.1 Å². The Kier molecular flexibility index (Phi) is 5.99. The van der Waals surface area contributed by atoms with Gasteiger partial charge in [-0.2, -0.15) is 0 Å². The predicted octanol–water partition coefficient (Wildman–Crippen LogP) is 4.31. The molecule has 7 nitrogen and oxygen atoms in total. The number of Topliss-reactive ketones (excluding diaryl/α,β-unsaturated/α-hetero) is 1. The highest BCUT2D eigenvalue weighted by Crippen LogP contribution is 2.49. The Balaban J connectivity index is 1.99. The molecule has 0 bridgehead atoms. The topological polar surface area (TPSA) is 105 Å². The predicted molar refractivity (Wildman–Crippen MR) is 124 cm³/mol. The third-order valence-electron chi connectivity index (χ3n) is 5.84. The summed E-state index contributed by atoms with van der Waals surface area (Å²) in [7, 11) is -4.22. The molecule has 0 fully saturated rings. The number of nitrogens with zero attached hydrogens (tertiary/aromatic N) is 2. The molecule has 0 saturated carbocycles. The average molecular weight is 485 g/mol. The standard InChI is InChI=1S/C24H21ClN2O5S/c1-14-10-11-26-19(12-14)23(28)22-21(15(2)24(29)30)18-13-16(25)8-9-20(18)27(22)33(31,32)17-6-4-3-5-7-17/h3-13,15,21-22H,1-2H3,(H,29,30). The number of carbonyl (C=O) groups is 2. The third kappa shape index (κ3) is 4.00. The van der Waals surface area contributed by atoms with Gasteiger partial charge >= 0.3 is 5.97 Å². The first-order valence-electron chi connectivity index (χ1n) is 10.2. The lowest BCUT2D eigenvalue weighted by molar-refractivity contribution is -0.141. The first-order chi connectivity index (χ1) is 15.6. The van der Waals surface area contributed by atoms with Crippen LogP contribution in [0, 0.1) is 12.8 Å². The number of fused-ring (bicyclic) bond motifs is 1. The summed E-state index contributed by atoms with van der Waals surface area (Å²) < 4.78 is 28.6. The van der Waals surface area contributed by atoms with Crippen molar-refractivity contribution in [1.82, 2.24) is 4.98 Å². The maximum atomic E-state index is 13.8.